The minimum Gasteiger partial charge on any atom is -0.377 e. The monoisotopic (exact) mass is 185 g/mol. The smallest absolute Gasteiger partial charge is 0.0597 e. The van der Waals surface area contributed by atoms with Crippen LogP contribution in [0.15, 0.2) is 0 Å². The Labute approximate surface area is 82.3 Å². The number of ether oxygens (including phenoxy) is 1. The van der Waals surface area contributed by atoms with Crippen molar-refractivity contribution in [3.63, 3.8) is 0 Å². The summed E-state index contributed by atoms with van der Waals surface area (Å²) in [5, 5.41) is 0. The second-order valence-corrected chi connectivity index (χ2v) is 4.43. The van der Waals surface area contributed by atoms with Crippen LogP contribution in [-0.2, 0) is 4.74 Å². The summed E-state index contributed by atoms with van der Waals surface area (Å²) in [7, 11) is 0. The van der Waals surface area contributed by atoms with Crippen molar-refractivity contribution in [3.05, 3.63) is 0 Å². The summed E-state index contributed by atoms with van der Waals surface area (Å²) in [4.78, 5) is 2.56. The summed E-state index contributed by atoms with van der Waals surface area (Å²) < 4.78 is 5.56. The maximum absolute atomic E-state index is 5.56. The van der Waals surface area contributed by atoms with Crippen LogP contribution in [0, 0.1) is 0 Å². The minimum absolute atomic E-state index is 0.369. The van der Waals surface area contributed by atoms with Gasteiger partial charge in [0.1, 0.15) is 0 Å². The Kier molecular flexibility index (Phi) is 4.20. The van der Waals surface area contributed by atoms with E-state index < -0.39 is 0 Å². The predicted molar refractivity (Wildman–Crippen MR) is 56.0 cm³/mol. The van der Waals surface area contributed by atoms with E-state index >= 15 is 0 Å². The molecule has 0 saturated carbocycles. The van der Waals surface area contributed by atoms with Crippen LogP contribution >= 0.6 is 0 Å². The van der Waals surface area contributed by atoms with Gasteiger partial charge >= 0.3 is 0 Å². The summed E-state index contributed by atoms with van der Waals surface area (Å²) in [6.07, 6.45) is 3.07. The molecule has 0 amide bonds. The fourth-order valence-corrected chi connectivity index (χ4v) is 2.08. The average molecular weight is 185 g/mol. The molecule has 0 bridgehead atoms. The van der Waals surface area contributed by atoms with Crippen LogP contribution in [-0.4, -0.2) is 36.2 Å². The van der Waals surface area contributed by atoms with Gasteiger partial charge in [-0.15, -0.1) is 0 Å². The van der Waals surface area contributed by atoms with Crippen molar-refractivity contribution in [2.24, 2.45) is 0 Å². The molecular weight excluding hydrogens is 162 g/mol. The van der Waals surface area contributed by atoms with Gasteiger partial charge in [0, 0.05) is 18.6 Å². The molecule has 2 heteroatoms. The normalized spacial score (nSPS) is 30.2. The third-order valence-corrected chi connectivity index (χ3v) is 2.94. The molecule has 2 atom stereocenters. The van der Waals surface area contributed by atoms with Crippen LogP contribution in [0.4, 0.5) is 0 Å². The minimum atomic E-state index is 0.369. The number of hydrogen-bond acceptors (Lipinski definition) is 2. The largest absolute Gasteiger partial charge is 0.377 e. The van der Waals surface area contributed by atoms with Gasteiger partial charge in [-0.25, -0.2) is 0 Å². The molecule has 0 aliphatic carbocycles. The molecule has 13 heavy (non-hydrogen) atoms. The van der Waals surface area contributed by atoms with E-state index in [1.807, 2.05) is 0 Å². The van der Waals surface area contributed by atoms with Crippen molar-refractivity contribution in [3.8, 4) is 0 Å². The average Bonchev–Trinajstić information content (AvgIpc) is 2.34. The lowest BCUT2D eigenvalue weighted by atomic mass is 10.2. The molecule has 78 valence electrons. The third-order valence-electron chi connectivity index (χ3n) is 2.94. The molecule has 0 aromatic heterocycles. The number of nitrogens with zero attached hydrogens (tertiary/aromatic N) is 1. The molecule has 0 aromatic carbocycles. The lowest BCUT2D eigenvalue weighted by Gasteiger charge is -2.26. The molecule has 2 nitrogen and oxygen atoms in total. The van der Waals surface area contributed by atoms with Crippen LogP contribution in [0.3, 0.4) is 0 Å². The van der Waals surface area contributed by atoms with Crippen molar-refractivity contribution in [1.82, 2.24) is 4.90 Å². The SMILES string of the molecule is CC(C)OCCN1[C@H](C)CC[C@@H]1C. The van der Waals surface area contributed by atoms with Gasteiger partial charge in [0.15, 0.2) is 0 Å². The number of hydrogen-bond donors (Lipinski definition) is 0. The Morgan fingerprint density at radius 2 is 1.77 bits per heavy atom. The van der Waals surface area contributed by atoms with Gasteiger partial charge in [0.25, 0.3) is 0 Å². The van der Waals surface area contributed by atoms with E-state index in [0.29, 0.717) is 6.10 Å². The van der Waals surface area contributed by atoms with Gasteiger partial charge in [0.2, 0.25) is 0 Å². The second-order valence-electron chi connectivity index (χ2n) is 4.43. The second kappa shape index (κ2) is 4.97. The molecule has 1 fully saturated rings. The highest BCUT2D eigenvalue weighted by molar-refractivity contribution is 4.81. The van der Waals surface area contributed by atoms with Crippen molar-refractivity contribution >= 4 is 0 Å². The molecule has 0 N–H and O–H groups in total. The fraction of sp³-hybridized carbons (Fsp3) is 1.00. The van der Waals surface area contributed by atoms with Crippen LogP contribution in [0.2, 0.25) is 0 Å². The highest BCUT2D eigenvalue weighted by Crippen LogP contribution is 2.22. The van der Waals surface area contributed by atoms with Crippen molar-refractivity contribution in [2.45, 2.75) is 58.7 Å². The summed E-state index contributed by atoms with van der Waals surface area (Å²) in [5.74, 6) is 0. The third kappa shape index (κ3) is 3.28. The first-order chi connectivity index (χ1) is 6.11. The Hall–Kier alpha value is -0.0800. The van der Waals surface area contributed by atoms with Crippen molar-refractivity contribution in [2.75, 3.05) is 13.2 Å². The standard InChI is InChI=1S/C11H23NO/c1-9(2)13-8-7-12-10(3)5-6-11(12)4/h9-11H,5-8H2,1-4H3/t10-,11+. The summed E-state index contributed by atoms with van der Waals surface area (Å²) in [5.41, 5.74) is 0. The highest BCUT2D eigenvalue weighted by atomic mass is 16.5. The Bertz CT molecular complexity index is 137. The zero-order valence-electron chi connectivity index (χ0n) is 9.42. The Balaban J connectivity index is 2.19. The molecule has 1 aliphatic heterocycles. The molecule has 1 saturated heterocycles. The van der Waals surface area contributed by atoms with Gasteiger partial charge in [-0.2, -0.15) is 0 Å². The van der Waals surface area contributed by atoms with Gasteiger partial charge in [-0.1, -0.05) is 0 Å². The van der Waals surface area contributed by atoms with Crippen LogP contribution in [0.1, 0.15) is 40.5 Å². The van der Waals surface area contributed by atoms with E-state index in [0.717, 1.165) is 25.2 Å². The molecule has 0 radical (unpaired) electrons. The highest BCUT2D eigenvalue weighted by Gasteiger charge is 2.26. The molecule has 0 spiro atoms. The summed E-state index contributed by atoms with van der Waals surface area (Å²) in [6, 6.07) is 1.51. The predicted octanol–water partition coefficient (Wildman–Crippen LogP) is 2.28. The fourth-order valence-electron chi connectivity index (χ4n) is 2.08. The van der Waals surface area contributed by atoms with Crippen LogP contribution in [0.5, 0.6) is 0 Å². The van der Waals surface area contributed by atoms with E-state index in [2.05, 4.69) is 32.6 Å². The van der Waals surface area contributed by atoms with E-state index in [9.17, 15) is 0 Å². The lowest BCUT2D eigenvalue weighted by Crippen LogP contribution is -2.35. The molecule has 1 heterocycles. The molecule has 1 rings (SSSR count). The Morgan fingerprint density at radius 3 is 2.23 bits per heavy atom. The number of rotatable bonds is 4. The van der Waals surface area contributed by atoms with Crippen LogP contribution < -0.4 is 0 Å². The molecule has 0 unspecified atom stereocenters. The number of likely N-dealkylation sites (tertiary alicyclic amines) is 1. The van der Waals surface area contributed by atoms with Gasteiger partial charge in [-0.3, -0.25) is 4.90 Å². The van der Waals surface area contributed by atoms with Gasteiger partial charge in [-0.05, 0) is 40.5 Å². The lowest BCUT2D eigenvalue weighted by molar-refractivity contribution is 0.0504. The zero-order valence-corrected chi connectivity index (χ0v) is 9.42. The van der Waals surface area contributed by atoms with Crippen molar-refractivity contribution < 1.29 is 4.74 Å². The summed E-state index contributed by atoms with van der Waals surface area (Å²) in [6.45, 7) is 10.8. The zero-order chi connectivity index (χ0) is 9.84. The van der Waals surface area contributed by atoms with Crippen LogP contribution in [0.25, 0.3) is 0 Å². The van der Waals surface area contributed by atoms with E-state index in [4.69, 9.17) is 4.74 Å². The first kappa shape index (κ1) is 11.0. The first-order valence-electron chi connectivity index (χ1n) is 5.48. The maximum atomic E-state index is 5.56. The molecule has 0 aromatic rings. The molecule has 1 aliphatic rings. The Morgan fingerprint density at radius 1 is 1.23 bits per heavy atom. The first-order valence-corrected chi connectivity index (χ1v) is 5.48. The van der Waals surface area contributed by atoms with Crippen molar-refractivity contribution in [1.29, 1.82) is 0 Å². The van der Waals surface area contributed by atoms with Gasteiger partial charge in [0.05, 0.1) is 12.7 Å². The topological polar surface area (TPSA) is 12.5 Å². The maximum Gasteiger partial charge on any atom is 0.0597 e. The van der Waals surface area contributed by atoms with E-state index in [1.54, 1.807) is 0 Å². The molecular formula is C11H23NO. The van der Waals surface area contributed by atoms with E-state index in [-0.39, 0.29) is 0 Å². The summed E-state index contributed by atoms with van der Waals surface area (Å²) >= 11 is 0. The quantitative estimate of drug-likeness (QED) is 0.666. The van der Waals surface area contributed by atoms with Gasteiger partial charge < -0.3 is 4.74 Å². The van der Waals surface area contributed by atoms with E-state index in [1.165, 1.54) is 12.8 Å².